The van der Waals surface area contributed by atoms with Crippen LogP contribution in [0.2, 0.25) is 10.0 Å². The van der Waals surface area contributed by atoms with E-state index in [1.807, 2.05) is 13.8 Å². The second-order valence-corrected chi connectivity index (χ2v) is 9.27. The molecular formula is C27H26Cl2N2O4S. The fourth-order valence-electron chi connectivity index (χ4n) is 3.31. The van der Waals surface area contributed by atoms with E-state index >= 15 is 0 Å². The van der Waals surface area contributed by atoms with E-state index in [4.69, 9.17) is 44.9 Å². The molecule has 188 valence electrons. The Morgan fingerprint density at radius 1 is 1.00 bits per heavy atom. The molecule has 0 fully saturated rings. The van der Waals surface area contributed by atoms with Crippen molar-refractivity contribution in [3.8, 4) is 5.75 Å². The molecule has 3 rings (SSSR count). The lowest BCUT2D eigenvalue weighted by Crippen LogP contribution is -2.42. The summed E-state index contributed by atoms with van der Waals surface area (Å²) in [5.41, 5.74) is 2.20. The normalized spacial score (nSPS) is 10.6. The highest BCUT2D eigenvalue weighted by Gasteiger charge is 2.19. The minimum absolute atomic E-state index is 0.0263. The van der Waals surface area contributed by atoms with E-state index in [1.165, 1.54) is 0 Å². The molecule has 36 heavy (non-hydrogen) atoms. The number of thiocarbonyl (C=S) groups is 1. The van der Waals surface area contributed by atoms with Crippen molar-refractivity contribution in [1.82, 2.24) is 5.32 Å². The molecule has 6 nitrogen and oxygen atoms in total. The molecule has 1 N–H and O–H groups in total. The van der Waals surface area contributed by atoms with Crippen LogP contribution in [0.1, 0.15) is 47.1 Å². The van der Waals surface area contributed by atoms with Crippen molar-refractivity contribution >= 4 is 58.1 Å². The van der Waals surface area contributed by atoms with Gasteiger partial charge in [-0.25, -0.2) is 4.79 Å². The Bertz CT molecular complexity index is 1250. The molecule has 0 aromatic heterocycles. The van der Waals surface area contributed by atoms with Crippen molar-refractivity contribution in [3.63, 3.8) is 0 Å². The lowest BCUT2D eigenvalue weighted by Gasteiger charge is -2.26. The summed E-state index contributed by atoms with van der Waals surface area (Å²) < 4.78 is 10.7. The highest BCUT2D eigenvalue weighted by molar-refractivity contribution is 7.80. The van der Waals surface area contributed by atoms with Gasteiger partial charge in [-0.05, 0) is 93.1 Å². The average Bonchev–Trinajstić information content (AvgIpc) is 2.83. The number of carbonyl (C=O) groups is 2. The monoisotopic (exact) mass is 544 g/mol. The Balaban J connectivity index is 1.87. The van der Waals surface area contributed by atoms with Crippen molar-refractivity contribution in [3.05, 3.63) is 93.5 Å². The van der Waals surface area contributed by atoms with Crippen molar-refractivity contribution < 1.29 is 19.1 Å². The number of halogens is 2. The number of hydrogen-bond donors (Lipinski definition) is 1. The van der Waals surface area contributed by atoms with Crippen LogP contribution < -0.4 is 15.0 Å². The van der Waals surface area contributed by atoms with Crippen LogP contribution in [0.15, 0.2) is 66.7 Å². The van der Waals surface area contributed by atoms with Gasteiger partial charge in [-0.1, -0.05) is 35.3 Å². The number of nitrogens with one attached hydrogen (secondary N) is 1. The largest absolute Gasteiger partial charge is 0.491 e. The Labute approximate surface area is 226 Å². The highest BCUT2D eigenvalue weighted by Crippen LogP contribution is 2.26. The molecule has 0 heterocycles. The predicted molar refractivity (Wildman–Crippen MR) is 147 cm³/mol. The second-order valence-electron chi connectivity index (χ2n) is 8.04. The van der Waals surface area contributed by atoms with Crippen LogP contribution in [0.4, 0.5) is 5.69 Å². The third-order valence-corrected chi connectivity index (χ3v) is 5.88. The first-order valence-electron chi connectivity index (χ1n) is 11.3. The van der Waals surface area contributed by atoms with Crippen LogP contribution in [-0.4, -0.2) is 29.7 Å². The van der Waals surface area contributed by atoms with Gasteiger partial charge in [0.05, 0.1) is 24.8 Å². The minimum Gasteiger partial charge on any atom is -0.491 e. The van der Waals surface area contributed by atoms with E-state index < -0.39 is 5.97 Å². The zero-order valence-corrected chi connectivity index (χ0v) is 22.4. The van der Waals surface area contributed by atoms with E-state index in [1.54, 1.807) is 78.6 Å². The lowest BCUT2D eigenvalue weighted by atomic mass is 10.1. The molecule has 9 heteroatoms. The van der Waals surface area contributed by atoms with E-state index in [-0.39, 0.29) is 30.3 Å². The van der Waals surface area contributed by atoms with Gasteiger partial charge in [0.2, 0.25) is 0 Å². The predicted octanol–water partition coefficient (Wildman–Crippen LogP) is 6.68. The van der Waals surface area contributed by atoms with Crippen LogP contribution in [0, 0.1) is 0 Å². The van der Waals surface area contributed by atoms with Gasteiger partial charge in [-0.15, -0.1) is 0 Å². The second kappa shape index (κ2) is 12.7. The van der Waals surface area contributed by atoms with Gasteiger partial charge >= 0.3 is 5.97 Å². The van der Waals surface area contributed by atoms with Gasteiger partial charge in [0, 0.05) is 21.3 Å². The summed E-state index contributed by atoms with van der Waals surface area (Å²) in [7, 11) is 0. The molecule has 3 aromatic carbocycles. The summed E-state index contributed by atoms with van der Waals surface area (Å²) in [5, 5.41) is 3.91. The Hall–Kier alpha value is -3.13. The third-order valence-electron chi connectivity index (χ3n) is 4.97. The van der Waals surface area contributed by atoms with Crippen LogP contribution in [-0.2, 0) is 11.3 Å². The molecule has 0 unspecified atom stereocenters. The minimum atomic E-state index is -0.421. The maximum atomic E-state index is 13.0. The molecular weight excluding hydrogens is 519 g/mol. The van der Waals surface area contributed by atoms with Gasteiger partial charge in [0.25, 0.3) is 5.91 Å². The number of esters is 1. The molecule has 0 aliphatic rings. The molecule has 0 radical (unpaired) electrons. The first-order chi connectivity index (χ1) is 17.2. The first kappa shape index (κ1) is 27.5. The summed E-state index contributed by atoms with van der Waals surface area (Å²) in [6, 6.07) is 18.8. The summed E-state index contributed by atoms with van der Waals surface area (Å²) in [5.74, 6) is -0.219. The molecule has 0 atom stereocenters. The number of nitrogens with zero attached hydrogens (tertiary/aromatic N) is 1. The van der Waals surface area contributed by atoms with Crippen molar-refractivity contribution in [1.29, 1.82) is 0 Å². The zero-order valence-electron chi connectivity index (χ0n) is 20.1. The van der Waals surface area contributed by atoms with Gasteiger partial charge in [-0.2, -0.15) is 0 Å². The molecule has 0 saturated carbocycles. The first-order valence-corrected chi connectivity index (χ1v) is 12.4. The summed E-state index contributed by atoms with van der Waals surface area (Å²) in [4.78, 5) is 26.8. The molecule has 3 aromatic rings. The topological polar surface area (TPSA) is 67.9 Å². The van der Waals surface area contributed by atoms with Crippen LogP contribution in [0.3, 0.4) is 0 Å². The van der Waals surface area contributed by atoms with Gasteiger partial charge in [-0.3, -0.25) is 10.1 Å². The molecule has 0 aliphatic heterocycles. The maximum Gasteiger partial charge on any atom is 0.338 e. The average molecular weight is 545 g/mol. The number of amides is 1. The van der Waals surface area contributed by atoms with E-state index in [0.717, 1.165) is 5.56 Å². The summed E-state index contributed by atoms with van der Waals surface area (Å²) in [6.07, 6.45) is -0.0263. The Kier molecular flexibility index (Phi) is 9.70. The number of carbonyl (C=O) groups excluding carboxylic acids is 2. The smallest absolute Gasteiger partial charge is 0.338 e. The fourth-order valence-corrected chi connectivity index (χ4v) is 4.04. The number of anilines is 1. The molecule has 0 spiro atoms. The van der Waals surface area contributed by atoms with E-state index in [2.05, 4.69) is 5.32 Å². The van der Waals surface area contributed by atoms with E-state index in [9.17, 15) is 9.59 Å². The molecule has 1 amide bonds. The van der Waals surface area contributed by atoms with Crippen LogP contribution in [0.25, 0.3) is 0 Å². The number of ether oxygens (including phenoxy) is 2. The Morgan fingerprint density at radius 2 is 1.72 bits per heavy atom. The number of hydrogen-bond acceptors (Lipinski definition) is 5. The van der Waals surface area contributed by atoms with Crippen molar-refractivity contribution in [2.24, 2.45) is 0 Å². The number of benzene rings is 3. The van der Waals surface area contributed by atoms with E-state index in [0.29, 0.717) is 32.6 Å². The molecule has 0 bridgehead atoms. The quantitative estimate of drug-likeness (QED) is 0.252. The summed E-state index contributed by atoms with van der Waals surface area (Å²) in [6.45, 7) is 6.10. The number of rotatable bonds is 8. The van der Waals surface area contributed by atoms with Gasteiger partial charge < -0.3 is 14.4 Å². The Morgan fingerprint density at radius 3 is 2.36 bits per heavy atom. The van der Waals surface area contributed by atoms with Gasteiger partial charge in [0.1, 0.15) is 5.75 Å². The zero-order chi connectivity index (χ0) is 26.2. The van der Waals surface area contributed by atoms with Crippen molar-refractivity contribution in [2.75, 3.05) is 11.5 Å². The fraction of sp³-hybridized carbons (Fsp3) is 0.222. The van der Waals surface area contributed by atoms with Crippen LogP contribution in [0.5, 0.6) is 5.75 Å². The lowest BCUT2D eigenvalue weighted by molar-refractivity contribution is 0.0526. The molecule has 0 saturated heterocycles. The molecule has 0 aliphatic carbocycles. The standard InChI is InChI=1S/C27H26Cl2N2O4S/c1-4-34-26(33)18-9-12-22(13-10-18)31(16-20-8-11-21(28)15-24(20)29)27(36)30-25(32)19-6-5-7-23(14-19)35-17(2)3/h5-15,17H,4,16H2,1-3H3,(H,30,32,36). The van der Waals surface area contributed by atoms with Gasteiger partial charge in [0.15, 0.2) is 5.11 Å². The summed E-state index contributed by atoms with van der Waals surface area (Å²) >= 11 is 18.1. The third kappa shape index (κ3) is 7.43. The van der Waals surface area contributed by atoms with Crippen LogP contribution >= 0.6 is 35.4 Å². The highest BCUT2D eigenvalue weighted by atomic mass is 35.5. The van der Waals surface area contributed by atoms with Crippen molar-refractivity contribution in [2.45, 2.75) is 33.4 Å². The maximum absolute atomic E-state index is 13.0. The SMILES string of the molecule is CCOC(=O)c1ccc(N(Cc2ccc(Cl)cc2Cl)C(=S)NC(=O)c2cccc(OC(C)C)c2)cc1.